The molecule has 1 aliphatic carbocycles. The molecule has 21 heavy (non-hydrogen) atoms. The molecule has 0 radical (unpaired) electrons. The highest BCUT2D eigenvalue weighted by Gasteiger charge is 2.20. The summed E-state index contributed by atoms with van der Waals surface area (Å²) in [5, 5.41) is 3.09. The van der Waals surface area contributed by atoms with Gasteiger partial charge in [-0.15, -0.1) is 0 Å². The minimum atomic E-state index is 0.244. The first kappa shape index (κ1) is 14.1. The Labute approximate surface area is 125 Å². The van der Waals surface area contributed by atoms with Crippen LogP contribution in [0.2, 0.25) is 0 Å². The Bertz CT molecular complexity index is 626. The highest BCUT2D eigenvalue weighted by atomic mass is 16.1. The van der Waals surface area contributed by atoms with Crippen molar-refractivity contribution in [3.8, 4) is 0 Å². The van der Waals surface area contributed by atoms with Crippen molar-refractivity contribution in [1.29, 1.82) is 0 Å². The fourth-order valence-corrected chi connectivity index (χ4v) is 3.18. The summed E-state index contributed by atoms with van der Waals surface area (Å²) in [4.78, 5) is 16.4. The fourth-order valence-electron chi connectivity index (χ4n) is 3.18. The van der Waals surface area contributed by atoms with Crippen LogP contribution < -0.4 is 5.32 Å². The van der Waals surface area contributed by atoms with Gasteiger partial charge in [-0.1, -0.05) is 25.3 Å². The average molecular weight is 285 g/mol. The Morgan fingerprint density at radius 1 is 1.33 bits per heavy atom. The number of carbonyl (C=O) groups excluding carboxylic acids is 1. The van der Waals surface area contributed by atoms with E-state index >= 15 is 0 Å². The van der Waals surface area contributed by atoms with Crippen molar-refractivity contribution in [3.05, 3.63) is 30.1 Å². The van der Waals surface area contributed by atoms with E-state index in [1.807, 2.05) is 17.9 Å². The summed E-state index contributed by atoms with van der Waals surface area (Å²) in [5.74, 6) is 0.491. The van der Waals surface area contributed by atoms with E-state index in [1.165, 1.54) is 24.8 Å². The molecule has 1 aromatic heterocycles. The van der Waals surface area contributed by atoms with Crippen LogP contribution >= 0.6 is 0 Å². The Hall–Kier alpha value is -1.84. The third-order valence-corrected chi connectivity index (χ3v) is 4.48. The maximum Gasteiger partial charge on any atom is 0.223 e. The summed E-state index contributed by atoms with van der Waals surface area (Å²) < 4.78 is 2.02. The highest BCUT2D eigenvalue weighted by Crippen LogP contribution is 2.23. The molecule has 0 bridgehead atoms. The van der Waals surface area contributed by atoms with E-state index in [4.69, 9.17) is 0 Å². The zero-order valence-electron chi connectivity index (χ0n) is 12.6. The van der Waals surface area contributed by atoms with Gasteiger partial charge < -0.3 is 9.88 Å². The first-order valence-electron chi connectivity index (χ1n) is 7.92. The molecule has 0 aliphatic heterocycles. The van der Waals surface area contributed by atoms with Gasteiger partial charge in [-0.2, -0.15) is 0 Å². The molecule has 1 aromatic carbocycles. The summed E-state index contributed by atoms with van der Waals surface area (Å²) >= 11 is 0. The molecule has 1 fully saturated rings. The summed E-state index contributed by atoms with van der Waals surface area (Å²) in [5.41, 5.74) is 3.39. The van der Waals surface area contributed by atoms with E-state index < -0.39 is 0 Å². The van der Waals surface area contributed by atoms with Gasteiger partial charge in [-0.3, -0.25) is 4.79 Å². The SMILES string of the molecule is Cn1cnc2cc(CCNC(=O)C3CCCCC3)ccc21. The molecule has 3 rings (SSSR count). The molecule has 112 valence electrons. The standard InChI is InChI=1S/C17H23N3O/c1-20-12-19-15-11-13(7-8-16(15)20)9-10-18-17(21)14-5-3-2-4-6-14/h7-8,11-12,14H,2-6,9-10H2,1H3,(H,18,21). The van der Waals surface area contributed by atoms with E-state index in [-0.39, 0.29) is 11.8 Å². The van der Waals surface area contributed by atoms with E-state index in [0.717, 1.165) is 30.3 Å². The maximum absolute atomic E-state index is 12.1. The van der Waals surface area contributed by atoms with Gasteiger partial charge in [0.25, 0.3) is 0 Å². The second kappa shape index (κ2) is 6.29. The highest BCUT2D eigenvalue weighted by molar-refractivity contribution is 5.79. The van der Waals surface area contributed by atoms with Crippen LogP contribution in [-0.2, 0) is 18.3 Å². The van der Waals surface area contributed by atoms with Gasteiger partial charge in [0, 0.05) is 19.5 Å². The van der Waals surface area contributed by atoms with Crippen molar-refractivity contribution in [2.45, 2.75) is 38.5 Å². The Morgan fingerprint density at radius 2 is 2.14 bits per heavy atom. The number of amides is 1. The number of benzene rings is 1. The van der Waals surface area contributed by atoms with E-state index in [1.54, 1.807) is 0 Å². The fraction of sp³-hybridized carbons (Fsp3) is 0.529. The molecule has 2 aromatic rings. The number of nitrogens with one attached hydrogen (secondary N) is 1. The van der Waals surface area contributed by atoms with Crippen molar-refractivity contribution >= 4 is 16.9 Å². The topological polar surface area (TPSA) is 46.9 Å². The molecule has 1 amide bonds. The van der Waals surface area contributed by atoms with Gasteiger partial charge >= 0.3 is 0 Å². The molecule has 0 spiro atoms. The third-order valence-electron chi connectivity index (χ3n) is 4.48. The van der Waals surface area contributed by atoms with E-state index in [9.17, 15) is 4.79 Å². The van der Waals surface area contributed by atoms with Crippen LogP contribution in [0.15, 0.2) is 24.5 Å². The number of hydrogen-bond donors (Lipinski definition) is 1. The lowest BCUT2D eigenvalue weighted by molar-refractivity contribution is -0.125. The summed E-state index contributed by atoms with van der Waals surface area (Å²) in [6, 6.07) is 6.33. The number of carbonyl (C=O) groups is 1. The van der Waals surface area contributed by atoms with Crippen molar-refractivity contribution in [3.63, 3.8) is 0 Å². The number of imidazole rings is 1. The first-order valence-corrected chi connectivity index (χ1v) is 7.92. The first-order chi connectivity index (χ1) is 10.2. The minimum Gasteiger partial charge on any atom is -0.356 e. The molecular weight excluding hydrogens is 262 g/mol. The van der Waals surface area contributed by atoms with Crippen LogP contribution in [0, 0.1) is 5.92 Å². The van der Waals surface area contributed by atoms with Crippen LogP contribution in [0.5, 0.6) is 0 Å². The van der Waals surface area contributed by atoms with E-state index in [2.05, 4.69) is 28.5 Å². The van der Waals surface area contributed by atoms with Gasteiger partial charge in [0.05, 0.1) is 17.4 Å². The molecule has 0 unspecified atom stereocenters. The lowest BCUT2D eigenvalue weighted by Gasteiger charge is -2.20. The molecule has 0 saturated heterocycles. The number of hydrogen-bond acceptors (Lipinski definition) is 2. The predicted molar refractivity (Wildman–Crippen MR) is 84.0 cm³/mol. The lowest BCUT2D eigenvalue weighted by Crippen LogP contribution is -2.33. The number of aryl methyl sites for hydroxylation is 1. The molecule has 0 atom stereocenters. The molecule has 4 nitrogen and oxygen atoms in total. The molecular formula is C17H23N3O. The summed E-state index contributed by atoms with van der Waals surface area (Å²) in [6.07, 6.45) is 8.51. The van der Waals surface area contributed by atoms with Gasteiger partial charge in [0.15, 0.2) is 0 Å². The van der Waals surface area contributed by atoms with Crippen molar-refractivity contribution in [2.75, 3.05) is 6.54 Å². The number of aromatic nitrogens is 2. The van der Waals surface area contributed by atoms with Crippen LogP contribution in [0.25, 0.3) is 11.0 Å². The van der Waals surface area contributed by atoms with Crippen LogP contribution in [0.4, 0.5) is 0 Å². The van der Waals surface area contributed by atoms with Gasteiger partial charge in [-0.25, -0.2) is 4.98 Å². The minimum absolute atomic E-state index is 0.244. The van der Waals surface area contributed by atoms with E-state index in [0.29, 0.717) is 6.54 Å². The van der Waals surface area contributed by atoms with Crippen molar-refractivity contribution < 1.29 is 4.79 Å². The smallest absolute Gasteiger partial charge is 0.223 e. The Kier molecular flexibility index (Phi) is 4.23. The molecule has 1 N–H and O–H groups in total. The van der Waals surface area contributed by atoms with Crippen LogP contribution in [0.3, 0.4) is 0 Å². The van der Waals surface area contributed by atoms with Gasteiger partial charge in [-0.05, 0) is 37.0 Å². The van der Waals surface area contributed by atoms with Gasteiger partial charge in [0.1, 0.15) is 0 Å². The van der Waals surface area contributed by atoms with Crippen LogP contribution in [-0.4, -0.2) is 22.0 Å². The predicted octanol–water partition coefficient (Wildman–Crippen LogP) is 2.81. The number of rotatable bonds is 4. The average Bonchev–Trinajstić information content (AvgIpc) is 2.89. The normalized spacial score (nSPS) is 16.2. The molecule has 1 heterocycles. The van der Waals surface area contributed by atoms with Crippen molar-refractivity contribution in [2.24, 2.45) is 13.0 Å². The second-order valence-electron chi connectivity index (χ2n) is 6.05. The van der Waals surface area contributed by atoms with Gasteiger partial charge in [0.2, 0.25) is 5.91 Å². The van der Waals surface area contributed by atoms with Crippen molar-refractivity contribution in [1.82, 2.24) is 14.9 Å². The maximum atomic E-state index is 12.1. The zero-order valence-corrected chi connectivity index (χ0v) is 12.6. The lowest BCUT2D eigenvalue weighted by atomic mass is 9.88. The number of fused-ring (bicyclic) bond motifs is 1. The zero-order chi connectivity index (χ0) is 14.7. The molecule has 4 heteroatoms. The largest absolute Gasteiger partial charge is 0.356 e. The monoisotopic (exact) mass is 285 g/mol. The summed E-state index contributed by atoms with van der Waals surface area (Å²) in [7, 11) is 2.00. The Morgan fingerprint density at radius 3 is 2.95 bits per heavy atom. The number of nitrogens with zero attached hydrogens (tertiary/aromatic N) is 2. The Balaban J connectivity index is 1.52. The van der Waals surface area contributed by atoms with Crippen LogP contribution in [0.1, 0.15) is 37.7 Å². The second-order valence-corrected chi connectivity index (χ2v) is 6.05. The molecule has 1 saturated carbocycles. The quantitative estimate of drug-likeness (QED) is 0.939. The third kappa shape index (κ3) is 3.26. The summed E-state index contributed by atoms with van der Waals surface area (Å²) in [6.45, 7) is 0.716. The molecule has 1 aliphatic rings.